The van der Waals surface area contributed by atoms with Crippen molar-refractivity contribution in [1.82, 2.24) is 9.97 Å². The summed E-state index contributed by atoms with van der Waals surface area (Å²) in [6.07, 6.45) is 1.57. The fraction of sp³-hybridized carbons (Fsp3) is 0.172. The van der Waals surface area contributed by atoms with Gasteiger partial charge in [-0.05, 0) is 41.5 Å². The first kappa shape index (κ1) is 27.2. The van der Waals surface area contributed by atoms with Crippen molar-refractivity contribution in [2.24, 2.45) is 16.6 Å². The number of amidine groups is 1. The Morgan fingerprint density at radius 2 is 1.49 bits per heavy atom. The average molecular weight is 527 g/mol. The van der Waals surface area contributed by atoms with Crippen molar-refractivity contribution in [1.29, 1.82) is 0 Å². The number of hydrogen-bond acceptors (Lipinski definition) is 9. The van der Waals surface area contributed by atoms with Crippen molar-refractivity contribution in [3.63, 3.8) is 0 Å². The molecule has 5 N–H and O–H groups in total. The Morgan fingerprint density at radius 3 is 2.08 bits per heavy atom. The molecule has 0 aliphatic rings. The average Bonchev–Trinajstić information content (AvgIpc) is 3.00. The number of hydrogen-bond donors (Lipinski definition) is 3. The summed E-state index contributed by atoms with van der Waals surface area (Å²) in [7, 11) is 0. The third kappa shape index (κ3) is 8.09. The first-order valence-corrected chi connectivity index (χ1v) is 12.3. The first-order valence-electron chi connectivity index (χ1n) is 12.3. The van der Waals surface area contributed by atoms with Crippen molar-refractivity contribution < 1.29 is 19.1 Å². The van der Waals surface area contributed by atoms with Crippen LogP contribution >= 0.6 is 0 Å². The minimum atomic E-state index is -1.13. The van der Waals surface area contributed by atoms with Crippen LogP contribution in [-0.4, -0.2) is 47.6 Å². The van der Waals surface area contributed by atoms with Crippen LogP contribution in [0.2, 0.25) is 0 Å². The summed E-state index contributed by atoms with van der Waals surface area (Å²) >= 11 is 0. The van der Waals surface area contributed by atoms with Gasteiger partial charge in [-0.1, -0.05) is 60.7 Å². The van der Waals surface area contributed by atoms with Crippen molar-refractivity contribution in [3.05, 3.63) is 120 Å². The molecule has 1 aromatic heterocycles. The number of carbonyl (C=O) groups excluding carboxylic acids is 1. The van der Waals surface area contributed by atoms with Gasteiger partial charge in [0.2, 0.25) is 12.1 Å². The van der Waals surface area contributed by atoms with Crippen molar-refractivity contribution >= 4 is 17.8 Å². The highest BCUT2D eigenvalue weighted by molar-refractivity contribution is 5.97. The number of ether oxygens (including phenoxy) is 2. The number of anilines is 1. The van der Waals surface area contributed by atoms with Crippen LogP contribution in [0, 0.1) is 0 Å². The largest absolute Gasteiger partial charge is 0.490 e. The van der Waals surface area contributed by atoms with Crippen molar-refractivity contribution in [2.75, 3.05) is 25.0 Å². The first-order chi connectivity index (χ1) is 19.1. The fourth-order valence-corrected chi connectivity index (χ4v) is 3.66. The zero-order valence-electron chi connectivity index (χ0n) is 21.2. The Labute approximate surface area is 226 Å². The van der Waals surface area contributed by atoms with Gasteiger partial charge < -0.3 is 20.5 Å². The number of aliphatic imine (C=N–C) groups is 1. The van der Waals surface area contributed by atoms with Crippen LogP contribution in [0.15, 0.2) is 108 Å². The molecule has 10 heteroatoms. The fourth-order valence-electron chi connectivity index (χ4n) is 3.66. The van der Waals surface area contributed by atoms with Gasteiger partial charge in [-0.3, -0.25) is 9.83 Å². The van der Waals surface area contributed by atoms with Crippen molar-refractivity contribution in [3.8, 4) is 5.75 Å². The lowest BCUT2D eigenvalue weighted by molar-refractivity contribution is -0.163. The topological polar surface area (TPSA) is 147 Å². The van der Waals surface area contributed by atoms with E-state index >= 15 is 0 Å². The monoisotopic (exact) mass is 526 g/mol. The quantitative estimate of drug-likeness (QED) is 0.0785. The highest BCUT2D eigenvalue weighted by atomic mass is 16.7. The number of nitrogens with two attached hydrogens (primary N) is 2. The molecule has 0 fully saturated rings. The third-order valence-corrected chi connectivity index (χ3v) is 5.66. The van der Waals surface area contributed by atoms with E-state index in [1.165, 1.54) is 0 Å². The number of nitrogens with one attached hydrogen (secondary N) is 1. The van der Waals surface area contributed by atoms with Crippen LogP contribution in [-0.2, 0) is 14.4 Å². The summed E-state index contributed by atoms with van der Waals surface area (Å²) in [6.45, 7) is 0.854. The maximum absolute atomic E-state index is 13.0. The molecule has 1 atom stereocenters. The van der Waals surface area contributed by atoms with Crippen LogP contribution in [0.4, 0.5) is 5.95 Å². The number of carbonyl (C=O) groups is 1. The molecule has 4 rings (SSSR count). The van der Waals surface area contributed by atoms with Gasteiger partial charge in [0, 0.05) is 24.5 Å². The highest BCUT2D eigenvalue weighted by Crippen LogP contribution is 2.26. The molecule has 0 bridgehead atoms. The molecule has 0 spiro atoms. The van der Waals surface area contributed by atoms with E-state index in [4.69, 9.17) is 25.9 Å². The summed E-state index contributed by atoms with van der Waals surface area (Å²) in [5, 5.41) is 3.07. The Morgan fingerprint density at radius 1 is 0.872 bits per heavy atom. The van der Waals surface area contributed by atoms with E-state index in [0.29, 0.717) is 30.6 Å². The SMILES string of the molecule is NO[C@@H](COc1ccc(C(N)=NCCNc2ncccn2)cc1)C(=O)OC(c1ccccc1)c1ccccc1. The summed E-state index contributed by atoms with van der Waals surface area (Å²) < 4.78 is 11.6. The second kappa shape index (κ2) is 14.2. The lowest BCUT2D eigenvalue weighted by Gasteiger charge is -2.22. The smallest absolute Gasteiger partial charge is 0.341 e. The van der Waals surface area contributed by atoms with Gasteiger partial charge in [0.15, 0.2) is 6.10 Å². The third-order valence-electron chi connectivity index (χ3n) is 5.66. The minimum absolute atomic E-state index is 0.137. The van der Waals surface area contributed by atoms with E-state index in [2.05, 4.69) is 20.3 Å². The molecule has 0 aliphatic carbocycles. The molecule has 10 nitrogen and oxygen atoms in total. The van der Waals surface area contributed by atoms with E-state index in [9.17, 15) is 4.79 Å². The Bertz CT molecular complexity index is 1280. The number of benzene rings is 3. The second-order valence-electron chi connectivity index (χ2n) is 8.36. The van der Waals surface area contributed by atoms with E-state index in [1.807, 2.05) is 60.7 Å². The van der Waals surface area contributed by atoms with Gasteiger partial charge in [-0.2, -0.15) is 0 Å². The lowest BCUT2D eigenvalue weighted by Crippen LogP contribution is -2.35. The number of esters is 1. The molecule has 0 unspecified atom stereocenters. The van der Waals surface area contributed by atoms with Crippen LogP contribution in [0.5, 0.6) is 5.75 Å². The molecule has 200 valence electrons. The van der Waals surface area contributed by atoms with Crippen LogP contribution < -0.4 is 21.7 Å². The van der Waals surface area contributed by atoms with Gasteiger partial charge in [0.25, 0.3) is 0 Å². The van der Waals surface area contributed by atoms with Gasteiger partial charge in [-0.15, -0.1) is 0 Å². The number of rotatable bonds is 13. The van der Waals surface area contributed by atoms with Crippen molar-refractivity contribution in [2.45, 2.75) is 12.2 Å². The highest BCUT2D eigenvalue weighted by Gasteiger charge is 2.27. The van der Waals surface area contributed by atoms with Crippen LogP contribution in [0.1, 0.15) is 22.8 Å². The predicted molar refractivity (Wildman–Crippen MR) is 148 cm³/mol. The Kier molecular flexibility index (Phi) is 9.93. The minimum Gasteiger partial charge on any atom is -0.490 e. The van der Waals surface area contributed by atoms with Gasteiger partial charge in [-0.25, -0.2) is 20.7 Å². The molecular weight excluding hydrogens is 496 g/mol. The maximum Gasteiger partial charge on any atom is 0.341 e. The normalized spacial score (nSPS) is 12.1. The zero-order valence-corrected chi connectivity index (χ0v) is 21.2. The lowest BCUT2D eigenvalue weighted by atomic mass is 10.0. The van der Waals surface area contributed by atoms with Crippen LogP contribution in [0.3, 0.4) is 0 Å². The Hall–Kier alpha value is -4.80. The summed E-state index contributed by atoms with van der Waals surface area (Å²) in [5.41, 5.74) is 8.49. The number of nitrogens with zero attached hydrogens (tertiary/aromatic N) is 3. The molecule has 3 aromatic carbocycles. The Balaban J connectivity index is 1.31. The maximum atomic E-state index is 13.0. The standard InChI is InChI=1S/C29H30N6O4/c30-27(32-18-19-35-29-33-16-7-17-34-29)23-12-14-24(15-13-23)37-20-25(39-31)28(36)38-26(21-8-3-1-4-9-21)22-10-5-2-6-11-22/h1-17,25-26H,18-20,31H2,(H2,30,32)(H,33,34,35)/t25-/m0/s1. The molecule has 1 heterocycles. The van der Waals surface area contributed by atoms with Gasteiger partial charge in [0.1, 0.15) is 18.2 Å². The zero-order chi connectivity index (χ0) is 27.3. The van der Waals surface area contributed by atoms with E-state index in [0.717, 1.165) is 16.7 Å². The van der Waals surface area contributed by atoms with E-state index < -0.39 is 18.2 Å². The molecule has 0 aliphatic heterocycles. The predicted octanol–water partition coefficient (Wildman–Crippen LogP) is 3.26. The van der Waals surface area contributed by atoms with E-state index in [-0.39, 0.29) is 6.61 Å². The summed E-state index contributed by atoms with van der Waals surface area (Å²) in [6, 6.07) is 27.7. The molecule has 39 heavy (non-hydrogen) atoms. The second-order valence-corrected chi connectivity index (χ2v) is 8.36. The van der Waals surface area contributed by atoms with E-state index in [1.54, 1.807) is 42.7 Å². The molecule has 0 saturated carbocycles. The molecule has 0 radical (unpaired) electrons. The summed E-state index contributed by atoms with van der Waals surface area (Å²) in [4.78, 5) is 30.4. The molecular formula is C29H30N6O4. The van der Waals surface area contributed by atoms with Crippen LogP contribution in [0.25, 0.3) is 0 Å². The van der Waals surface area contributed by atoms with Gasteiger partial charge >= 0.3 is 5.97 Å². The summed E-state index contributed by atoms with van der Waals surface area (Å²) in [5.74, 6) is 6.21. The molecule has 4 aromatic rings. The number of aromatic nitrogens is 2. The molecule has 0 saturated heterocycles. The molecule has 0 amide bonds. The van der Waals surface area contributed by atoms with Gasteiger partial charge in [0.05, 0.1) is 6.54 Å².